The summed E-state index contributed by atoms with van der Waals surface area (Å²) in [6.45, 7) is 0.658. The SMILES string of the molecule is O=Cc1cc(F)ccc1N1CCc2ccc(F)cc21. The largest absolute Gasteiger partial charge is 0.340 e. The summed E-state index contributed by atoms with van der Waals surface area (Å²) in [6.07, 6.45) is 1.40. The molecular formula is C15H11F2NO. The van der Waals surface area contributed by atoms with E-state index in [1.54, 1.807) is 12.1 Å². The van der Waals surface area contributed by atoms with Crippen LogP contribution >= 0.6 is 0 Å². The van der Waals surface area contributed by atoms with Gasteiger partial charge < -0.3 is 4.90 Å². The minimum Gasteiger partial charge on any atom is -0.340 e. The Kier molecular flexibility index (Phi) is 2.78. The van der Waals surface area contributed by atoms with E-state index in [1.807, 2.05) is 4.90 Å². The topological polar surface area (TPSA) is 20.3 Å². The Morgan fingerprint density at radius 3 is 2.53 bits per heavy atom. The number of halogens is 2. The van der Waals surface area contributed by atoms with Gasteiger partial charge in [-0.2, -0.15) is 0 Å². The van der Waals surface area contributed by atoms with Crippen LogP contribution < -0.4 is 4.90 Å². The zero-order valence-electron chi connectivity index (χ0n) is 10.1. The second-order valence-corrected chi connectivity index (χ2v) is 4.50. The fourth-order valence-electron chi connectivity index (χ4n) is 2.47. The van der Waals surface area contributed by atoms with E-state index in [4.69, 9.17) is 0 Å². The van der Waals surface area contributed by atoms with Crippen LogP contribution in [0.15, 0.2) is 36.4 Å². The molecule has 0 N–H and O–H groups in total. The Morgan fingerprint density at radius 2 is 1.74 bits per heavy atom. The fraction of sp³-hybridized carbons (Fsp3) is 0.133. The zero-order valence-corrected chi connectivity index (χ0v) is 10.1. The van der Waals surface area contributed by atoms with Gasteiger partial charge in [0.25, 0.3) is 0 Å². The lowest BCUT2D eigenvalue weighted by Crippen LogP contribution is -2.15. The summed E-state index contributed by atoms with van der Waals surface area (Å²) in [6, 6.07) is 8.67. The normalized spacial score (nSPS) is 13.5. The molecule has 0 amide bonds. The smallest absolute Gasteiger partial charge is 0.152 e. The van der Waals surface area contributed by atoms with E-state index in [0.717, 1.165) is 17.7 Å². The van der Waals surface area contributed by atoms with E-state index in [0.29, 0.717) is 18.5 Å². The molecule has 19 heavy (non-hydrogen) atoms. The third-order valence-electron chi connectivity index (χ3n) is 3.35. The van der Waals surface area contributed by atoms with E-state index in [1.165, 1.54) is 24.3 Å². The average molecular weight is 259 g/mol. The van der Waals surface area contributed by atoms with Crippen LogP contribution in [0, 0.1) is 11.6 Å². The van der Waals surface area contributed by atoms with Crippen LogP contribution in [-0.4, -0.2) is 12.8 Å². The number of carbonyl (C=O) groups excluding carboxylic acids is 1. The van der Waals surface area contributed by atoms with Crippen LogP contribution in [0.25, 0.3) is 0 Å². The van der Waals surface area contributed by atoms with Gasteiger partial charge in [-0.05, 0) is 42.3 Å². The highest BCUT2D eigenvalue weighted by Crippen LogP contribution is 2.36. The van der Waals surface area contributed by atoms with Crippen molar-refractivity contribution in [2.75, 3.05) is 11.4 Å². The molecule has 2 aromatic carbocycles. The maximum absolute atomic E-state index is 13.3. The molecule has 0 aliphatic carbocycles. The van der Waals surface area contributed by atoms with Gasteiger partial charge in [0.2, 0.25) is 0 Å². The van der Waals surface area contributed by atoms with Gasteiger partial charge in [0.05, 0.1) is 5.69 Å². The first kappa shape index (κ1) is 11.8. The summed E-state index contributed by atoms with van der Waals surface area (Å²) < 4.78 is 26.5. The molecule has 96 valence electrons. The molecule has 3 rings (SSSR count). The maximum Gasteiger partial charge on any atom is 0.152 e. The third-order valence-corrected chi connectivity index (χ3v) is 3.35. The highest BCUT2D eigenvalue weighted by atomic mass is 19.1. The molecule has 1 aliphatic rings. The van der Waals surface area contributed by atoms with Crippen molar-refractivity contribution in [2.45, 2.75) is 6.42 Å². The molecule has 0 spiro atoms. The molecule has 0 unspecified atom stereocenters. The molecule has 1 heterocycles. The molecule has 0 atom stereocenters. The number of hydrogen-bond donors (Lipinski definition) is 0. The Morgan fingerprint density at radius 1 is 1.00 bits per heavy atom. The number of hydrogen-bond acceptors (Lipinski definition) is 2. The van der Waals surface area contributed by atoms with Crippen LogP contribution in [0.1, 0.15) is 15.9 Å². The van der Waals surface area contributed by atoms with Crippen molar-refractivity contribution in [2.24, 2.45) is 0 Å². The maximum atomic E-state index is 13.3. The predicted molar refractivity (Wildman–Crippen MR) is 68.9 cm³/mol. The van der Waals surface area contributed by atoms with Gasteiger partial charge >= 0.3 is 0 Å². The quantitative estimate of drug-likeness (QED) is 0.770. The Labute approximate surface area is 109 Å². The van der Waals surface area contributed by atoms with Crippen LogP contribution in [0.3, 0.4) is 0 Å². The van der Waals surface area contributed by atoms with Gasteiger partial charge in [-0.15, -0.1) is 0 Å². The lowest BCUT2D eigenvalue weighted by atomic mass is 10.1. The third kappa shape index (κ3) is 1.99. The standard InChI is InChI=1S/C15H11F2NO/c16-12-3-4-14(11(7-12)9-19)18-6-5-10-1-2-13(17)8-15(10)18/h1-4,7-9H,5-6H2. The highest BCUT2D eigenvalue weighted by Gasteiger charge is 2.22. The summed E-state index contributed by atoms with van der Waals surface area (Å²) in [5.74, 6) is -0.773. The van der Waals surface area contributed by atoms with Crippen molar-refractivity contribution in [1.82, 2.24) is 0 Å². The average Bonchev–Trinajstić information content (AvgIpc) is 2.81. The molecule has 0 saturated carbocycles. The van der Waals surface area contributed by atoms with Crippen molar-refractivity contribution < 1.29 is 13.6 Å². The van der Waals surface area contributed by atoms with Gasteiger partial charge in [-0.1, -0.05) is 6.07 Å². The van der Waals surface area contributed by atoms with Gasteiger partial charge in [0, 0.05) is 17.8 Å². The van der Waals surface area contributed by atoms with E-state index in [9.17, 15) is 13.6 Å². The summed E-state index contributed by atoms with van der Waals surface area (Å²) in [7, 11) is 0. The lowest BCUT2D eigenvalue weighted by molar-refractivity contribution is 0.112. The van der Waals surface area contributed by atoms with Crippen molar-refractivity contribution >= 4 is 17.7 Å². The van der Waals surface area contributed by atoms with E-state index in [-0.39, 0.29) is 11.4 Å². The molecule has 2 aromatic rings. The van der Waals surface area contributed by atoms with Crippen molar-refractivity contribution in [3.8, 4) is 0 Å². The first-order valence-electron chi connectivity index (χ1n) is 6.00. The first-order chi connectivity index (χ1) is 9.19. The fourth-order valence-corrected chi connectivity index (χ4v) is 2.47. The Bertz CT molecular complexity index is 655. The molecule has 0 saturated heterocycles. The van der Waals surface area contributed by atoms with Crippen LogP contribution in [0.4, 0.5) is 20.2 Å². The first-order valence-corrected chi connectivity index (χ1v) is 6.00. The van der Waals surface area contributed by atoms with E-state index >= 15 is 0 Å². The molecule has 1 aliphatic heterocycles. The Hall–Kier alpha value is -2.23. The van der Waals surface area contributed by atoms with Crippen molar-refractivity contribution in [1.29, 1.82) is 0 Å². The van der Waals surface area contributed by atoms with Gasteiger partial charge in [0.15, 0.2) is 6.29 Å². The van der Waals surface area contributed by atoms with Crippen molar-refractivity contribution in [3.05, 3.63) is 59.2 Å². The number of carbonyl (C=O) groups is 1. The molecule has 4 heteroatoms. The summed E-state index contributed by atoms with van der Waals surface area (Å²) in [4.78, 5) is 12.9. The van der Waals surface area contributed by atoms with Crippen LogP contribution in [0.2, 0.25) is 0 Å². The van der Waals surface area contributed by atoms with Gasteiger partial charge in [-0.3, -0.25) is 4.79 Å². The number of nitrogens with zero attached hydrogens (tertiary/aromatic N) is 1. The molecule has 0 bridgehead atoms. The molecule has 0 radical (unpaired) electrons. The van der Waals surface area contributed by atoms with E-state index < -0.39 is 5.82 Å². The number of fused-ring (bicyclic) bond motifs is 1. The monoisotopic (exact) mass is 259 g/mol. The minimum absolute atomic E-state index is 0.275. The number of anilines is 2. The number of rotatable bonds is 2. The van der Waals surface area contributed by atoms with E-state index in [2.05, 4.69) is 0 Å². The second kappa shape index (κ2) is 4.46. The lowest BCUT2D eigenvalue weighted by Gasteiger charge is -2.21. The summed E-state index contributed by atoms with van der Waals surface area (Å²) in [5, 5.41) is 0. The predicted octanol–water partition coefficient (Wildman–Crippen LogP) is 3.47. The van der Waals surface area contributed by atoms with Crippen molar-refractivity contribution in [3.63, 3.8) is 0 Å². The van der Waals surface area contributed by atoms with Crippen LogP contribution in [-0.2, 0) is 6.42 Å². The van der Waals surface area contributed by atoms with Gasteiger partial charge in [-0.25, -0.2) is 8.78 Å². The highest BCUT2D eigenvalue weighted by molar-refractivity contribution is 5.87. The molecule has 2 nitrogen and oxygen atoms in total. The molecular weight excluding hydrogens is 248 g/mol. The Balaban J connectivity index is 2.11. The summed E-state index contributed by atoms with van der Waals surface area (Å²) >= 11 is 0. The number of aldehydes is 1. The number of benzene rings is 2. The summed E-state index contributed by atoms with van der Waals surface area (Å²) in [5.41, 5.74) is 2.66. The zero-order chi connectivity index (χ0) is 13.4. The van der Waals surface area contributed by atoms with Gasteiger partial charge in [0.1, 0.15) is 11.6 Å². The minimum atomic E-state index is -0.454. The second-order valence-electron chi connectivity index (χ2n) is 4.50. The molecule has 0 aromatic heterocycles. The van der Waals surface area contributed by atoms with Crippen LogP contribution in [0.5, 0.6) is 0 Å². The molecule has 0 fully saturated rings.